The van der Waals surface area contributed by atoms with Crippen molar-refractivity contribution in [2.45, 2.75) is 24.7 Å². The number of ether oxygens (including phenoxy) is 4. The largest absolute Gasteiger partial charge is 0.469 e. The molecule has 0 aromatic carbocycles. The molecule has 0 saturated carbocycles. The van der Waals surface area contributed by atoms with Crippen LogP contribution in [0.2, 0.25) is 0 Å². The third kappa shape index (κ3) is 3.43. The molecule has 0 aromatic rings. The highest BCUT2D eigenvalue weighted by molar-refractivity contribution is 5.85. The number of hydrogen-bond donors (Lipinski definition) is 0. The van der Waals surface area contributed by atoms with Gasteiger partial charge in [0.1, 0.15) is 5.92 Å². The summed E-state index contributed by atoms with van der Waals surface area (Å²) in [7, 11) is 4.61. The lowest BCUT2D eigenvalue weighted by Crippen LogP contribution is -2.44. The molecule has 11 nitrogen and oxygen atoms in total. The molecule has 0 bridgehead atoms. The Morgan fingerprint density at radius 1 is 0.800 bits per heavy atom. The van der Waals surface area contributed by atoms with E-state index in [9.17, 15) is 19.2 Å². The van der Waals surface area contributed by atoms with Crippen molar-refractivity contribution in [1.29, 1.82) is 0 Å². The number of hydroxylamine groups is 2. The normalized spacial score (nSPS) is 31.1. The number of esters is 4. The van der Waals surface area contributed by atoms with Crippen molar-refractivity contribution in [3.63, 3.8) is 0 Å². The SMILES string of the molecule is COC(=O)C[C@H]1[C@H]2[C@@H](C(=O)OC)[C@H](C(=O)OC)ON2O[C@@H]1C(=O)OC. The fourth-order valence-electron chi connectivity index (χ4n) is 2.99. The van der Waals surface area contributed by atoms with Gasteiger partial charge in [-0.25, -0.2) is 9.59 Å². The summed E-state index contributed by atoms with van der Waals surface area (Å²) in [5.74, 6) is -5.01. The van der Waals surface area contributed by atoms with Crippen molar-refractivity contribution in [2.75, 3.05) is 28.4 Å². The minimum Gasteiger partial charge on any atom is -0.469 e. The summed E-state index contributed by atoms with van der Waals surface area (Å²) in [6.45, 7) is 0. The summed E-state index contributed by atoms with van der Waals surface area (Å²) in [6.07, 6.45) is -2.80. The van der Waals surface area contributed by atoms with E-state index in [1.54, 1.807) is 0 Å². The van der Waals surface area contributed by atoms with Gasteiger partial charge < -0.3 is 18.9 Å². The Balaban J connectivity index is 2.38. The van der Waals surface area contributed by atoms with Crippen molar-refractivity contribution < 1.29 is 47.8 Å². The Morgan fingerprint density at radius 3 is 1.84 bits per heavy atom. The Morgan fingerprint density at radius 2 is 1.32 bits per heavy atom. The molecular formula is C14H19NO10. The highest BCUT2D eigenvalue weighted by Crippen LogP contribution is 2.43. The molecule has 2 rings (SSSR count). The van der Waals surface area contributed by atoms with Gasteiger partial charge in [0.15, 0.2) is 12.2 Å². The van der Waals surface area contributed by atoms with Crippen LogP contribution in [-0.4, -0.2) is 75.8 Å². The van der Waals surface area contributed by atoms with E-state index < -0.39 is 54.0 Å². The Labute approximate surface area is 142 Å². The molecular weight excluding hydrogens is 342 g/mol. The van der Waals surface area contributed by atoms with Gasteiger partial charge >= 0.3 is 23.9 Å². The van der Waals surface area contributed by atoms with E-state index in [2.05, 4.69) is 14.2 Å². The van der Waals surface area contributed by atoms with E-state index >= 15 is 0 Å². The lowest BCUT2D eigenvalue weighted by atomic mass is 9.82. The maximum atomic E-state index is 12.2. The van der Waals surface area contributed by atoms with E-state index in [0.717, 1.165) is 26.6 Å². The van der Waals surface area contributed by atoms with Crippen LogP contribution in [0.15, 0.2) is 0 Å². The molecule has 140 valence electrons. The van der Waals surface area contributed by atoms with Gasteiger partial charge in [-0.15, -0.1) is 0 Å². The Hall–Kier alpha value is -2.24. The quantitative estimate of drug-likeness (QED) is 0.424. The molecule has 25 heavy (non-hydrogen) atoms. The average molecular weight is 361 g/mol. The van der Waals surface area contributed by atoms with Crippen LogP contribution in [0.3, 0.4) is 0 Å². The molecule has 0 N–H and O–H groups in total. The summed E-state index contributed by atoms with van der Waals surface area (Å²) in [6, 6.07) is -0.945. The van der Waals surface area contributed by atoms with E-state index in [0.29, 0.717) is 0 Å². The van der Waals surface area contributed by atoms with Gasteiger partial charge in [0.2, 0.25) is 0 Å². The van der Waals surface area contributed by atoms with Crippen LogP contribution >= 0.6 is 0 Å². The van der Waals surface area contributed by atoms with Crippen molar-refractivity contribution in [2.24, 2.45) is 11.8 Å². The predicted octanol–water partition coefficient (Wildman–Crippen LogP) is -1.40. The molecule has 0 amide bonds. The fourth-order valence-corrected chi connectivity index (χ4v) is 2.99. The van der Waals surface area contributed by atoms with E-state index in [1.807, 2.05) is 0 Å². The van der Waals surface area contributed by atoms with Crippen LogP contribution in [0.4, 0.5) is 0 Å². The summed E-state index contributed by atoms with van der Waals surface area (Å²) in [4.78, 5) is 58.5. The third-order valence-electron chi connectivity index (χ3n) is 4.17. The fraction of sp³-hybridized carbons (Fsp3) is 0.714. The number of rotatable bonds is 5. The highest BCUT2D eigenvalue weighted by atomic mass is 17.0. The molecule has 0 aliphatic carbocycles. The minimum atomic E-state index is -1.33. The first-order valence-electron chi connectivity index (χ1n) is 7.32. The molecule has 2 aliphatic heterocycles. The molecule has 11 heteroatoms. The van der Waals surface area contributed by atoms with E-state index in [1.165, 1.54) is 7.11 Å². The molecule has 0 aromatic heterocycles. The zero-order valence-corrected chi connectivity index (χ0v) is 14.1. The zero-order valence-electron chi connectivity index (χ0n) is 14.1. The third-order valence-corrected chi connectivity index (χ3v) is 4.17. The number of nitrogens with zero attached hydrogens (tertiary/aromatic N) is 1. The zero-order chi connectivity index (χ0) is 18.7. The first kappa shape index (κ1) is 19.1. The summed E-state index contributed by atoms with van der Waals surface area (Å²) >= 11 is 0. The van der Waals surface area contributed by atoms with Gasteiger partial charge in [-0.05, 0) is 0 Å². The van der Waals surface area contributed by atoms with Crippen LogP contribution in [0, 0.1) is 11.8 Å². The maximum absolute atomic E-state index is 12.2. The van der Waals surface area contributed by atoms with Crippen molar-refractivity contribution in [3.8, 4) is 0 Å². The van der Waals surface area contributed by atoms with Crippen molar-refractivity contribution in [1.82, 2.24) is 5.23 Å². The lowest BCUT2D eigenvalue weighted by molar-refractivity contribution is -0.350. The molecule has 2 fully saturated rings. The summed E-state index contributed by atoms with van der Waals surface area (Å²) in [5, 5.41) is 0.859. The van der Waals surface area contributed by atoms with Gasteiger partial charge in [0.25, 0.3) is 0 Å². The van der Waals surface area contributed by atoms with Gasteiger partial charge in [-0.3, -0.25) is 19.3 Å². The second kappa shape index (κ2) is 7.76. The lowest BCUT2D eigenvalue weighted by Gasteiger charge is -2.22. The Kier molecular flexibility index (Phi) is 5.93. The molecule has 5 atom stereocenters. The van der Waals surface area contributed by atoms with Crippen molar-refractivity contribution in [3.05, 3.63) is 0 Å². The van der Waals surface area contributed by atoms with Gasteiger partial charge in [0, 0.05) is 5.92 Å². The van der Waals surface area contributed by atoms with Crippen molar-refractivity contribution >= 4 is 23.9 Å². The first-order valence-corrected chi connectivity index (χ1v) is 7.32. The maximum Gasteiger partial charge on any atom is 0.338 e. The van der Waals surface area contributed by atoms with Gasteiger partial charge in [-0.1, -0.05) is 5.23 Å². The van der Waals surface area contributed by atoms with Crippen LogP contribution in [0.1, 0.15) is 6.42 Å². The number of carbonyl (C=O) groups is 4. The predicted molar refractivity (Wildman–Crippen MR) is 75.0 cm³/mol. The topological polar surface area (TPSA) is 127 Å². The first-order chi connectivity index (χ1) is 11.9. The van der Waals surface area contributed by atoms with Crippen LogP contribution in [0.25, 0.3) is 0 Å². The smallest absolute Gasteiger partial charge is 0.338 e. The molecule has 0 unspecified atom stereocenters. The van der Waals surface area contributed by atoms with E-state index in [4.69, 9.17) is 14.4 Å². The van der Waals surface area contributed by atoms with Gasteiger partial charge in [-0.2, -0.15) is 0 Å². The number of fused-ring (bicyclic) bond motifs is 1. The minimum absolute atomic E-state index is 0.262. The number of carbonyl (C=O) groups excluding carboxylic acids is 4. The molecule has 0 radical (unpaired) electrons. The van der Waals surface area contributed by atoms with E-state index in [-0.39, 0.29) is 6.42 Å². The molecule has 0 spiro atoms. The molecule has 2 aliphatic rings. The Bertz CT molecular complexity index is 564. The standard InChI is InChI=1S/C14H19NO10/c1-20-7(16)5-6-9-8(12(17)21-2)11(14(19)23-4)25-15(9)24-10(6)13(18)22-3/h6,8-11H,5H2,1-4H3/t6-,8+,9-,10-,11+/m0/s1. The van der Waals surface area contributed by atoms with Crippen LogP contribution < -0.4 is 0 Å². The number of methoxy groups -OCH3 is 4. The second-order valence-corrected chi connectivity index (χ2v) is 5.37. The summed E-state index contributed by atoms with van der Waals surface area (Å²) in [5.41, 5.74) is 0. The highest BCUT2D eigenvalue weighted by Gasteiger charge is 2.63. The molecule has 2 saturated heterocycles. The van der Waals surface area contributed by atoms with Gasteiger partial charge in [0.05, 0.1) is 40.9 Å². The second-order valence-electron chi connectivity index (χ2n) is 5.37. The average Bonchev–Trinajstić information content (AvgIpc) is 3.16. The number of hydrogen-bond acceptors (Lipinski definition) is 11. The van der Waals surface area contributed by atoms with Crippen LogP contribution in [-0.2, 0) is 47.8 Å². The monoisotopic (exact) mass is 361 g/mol. The summed E-state index contributed by atoms with van der Waals surface area (Å²) < 4.78 is 18.6. The van der Waals surface area contributed by atoms with Crippen LogP contribution in [0.5, 0.6) is 0 Å². The molecule has 2 heterocycles.